The standard InChI is InChI=1S/C16H17N3S/c1-12-8-11-20-16(12)13(2)18-14-6-3-4-7-15(14)19-10-5-9-17-19/h3-11,13,18H,1-2H3. The highest BCUT2D eigenvalue weighted by molar-refractivity contribution is 7.10. The van der Waals surface area contributed by atoms with Gasteiger partial charge in [-0.3, -0.25) is 0 Å². The fraction of sp³-hybridized carbons (Fsp3) is 0.188. The van der Waals surface area contributed by atoms with Crippen LogP contribution in [-0.2, 0) is 0 Å². The Morgan fingerprint density at radius 2 is 2.05 bits per heavy atom. The summed E-state index contributed by atoms with van der Waals surface area (Å²) < 4.78 is 1.89. The molecule has 0 spiro atoms. The van der Waals surface area contributed by atoms with Crippen LogP contribution in [0.2, 0.25) is 0 Å². The molecule has 0 radical (unpaired) electrons. The number of aromatic nitrogens is 2. The molecule has 0 aliphatic carbocycles. The number of aryl methyl sites for hydroxylation is 1. The third-order valence-electron chi connectivity index (χ3n) is 3.32. The van der Waals surface area contributed by atoms with E-state index in [0.717, 1.165) is 11.4 Å². The minimum absolute atomic E-state index is 0.284. The molecule has 102 valence electrons. The van der Waals surface area contributed by atoms with Crippen LogP contribution in [-0.4, -0.2) is 9.78 Å². The fourth-order valence-corrected chi connectivity index (χ4v) is 3.27. The van der Waals surface area contributed by atoms with Crippen molar-refractivity contribution in [2.75, 3.05) is 5.32 Å². The van der Waals surface area contributed by atoms with Crippen molar-refractivity contribution in [3.05, 3.63) is 64.6 Å². The van der Waals surface area contributed by atoms with Crippen molar-refractivity contribution in [3.63, 3.8) is 0 Å². The minimum atomic E-state index is 0.284. The first-order valence-corrected chi connectivity index (χ1v) is 7.53. The van der Waals surface area contributed by atoms with Gasteiger partial charge in [0.25, 0.3) is 0 Å². The lowest BCUT2D eigenvalue weighted by Crippen LogP contribution is -2.09. The van der Waals surface area contributed by atoms with Gasteiger partial charge in [-0.25, -0.2) is 4.68 Å². The van der Waals surface area contributed by atoms with E-state index in [4.69, 9.17) is 0 Å². The number of para-hydroxylation sites is 2. The quantitative estimate of drug-likeness (QED) is 0.768. The van der Waals surface area contributed by atoms with Crippen molar-refractivity contribution in [2.24, 2.45) is 0 Å². The normalized spacial score (nSPS) is 12.3. The third kappa shape index (κ3) is 2.47. The number of rotatable bonds is 4. The predicted molar refractivity (Wildman–Crippen MR) is 84.7 cm³/mol. The Morgan fingerprint density at radius 3 is 2.75 bits per heavy atom. The highest BCUT2D eigenvalue weighted by atomic mass is 32.1. The van der Waals surface area contributed by atoms with Crippen LogP contribution in [0, 0.1) is 6.92 Å². The number of anilines is 1. The van der Waals surface area contributed by atoms with Gasteiger partial charge in [-0.2, -0.15) is 5.10 Å². The van der Waals surface area contributed by atoms with E-state index >= 15 is 0 Å². The summed E-state index contributed by atoms with van der Waals surface area (Å²) in [6, 6.07) is 12.6. The molecule has 0 amide bonds. The molecule has 3 aromatic rings. The fourth-order valence-electron chi connectivity index (χ4n) is 2.33. The minimum Gasteiger partial charge on any atom is -0.376 e. The van der Waals surface area contributed by atoms with E-state index in [1.807, 2.05) is 29.1 Å². The Balaban J connectivity index is 1.90. The molecular formula is C16H17N3S. The smallest absolute Gasteiger partial charge is 0.0877 e. The number of nitrogens with one attached hydrogen (secondary N) is 1. The molecule has 0 saturated carbocycles. The topological polar surface area (TPSA) is 29.9 Å². The molecule has 20 heavy (non-hydrogen) atoms. The van der Waals surface area contributed by atoms with Gasteiger partial charge in [-0.1, -0.05) is 12.1 Å². The average molecular weight is 283 g/mol. The number of benzene rings is 1. The molecule has 0 aliphatic heterocycles. The summed E-state index contributed by atoms with van der Waals surface area (Å²) in [5.41, 5.74) is 3.50. The molecular weight excluding hydrogens is 266 g/mol. The Labute approximate surface area is 122 Å². The third-order valence-corrected chi connectivity index (χ3v) is 4.52. The van der Waals surface area contributed by atoms with Crippen LogP contribution in [0.15, 0.2) is 54.2 Å². The van der Waals surface area contributed by atoms with Crippen LogP contribution in [0.25, 0.3) is 5.69 Å². The Hall–Kier alpha value is -2.07. The summed E-state index contributed by atoms with van der Waals surface area (Å²) in [6.07, 6.45) is 3.76. The zero-order valence-electron chi connectivity index (χ0n) is 11.6. The van der Waals surface area contributed by atoms with Gasteiger partial charge < -0.3 is 5.32 Å². The van der Waals surface area contributed by atoms with E-state index in [2.05, 4.69) is 47.8 Å². The highest BCUT2D eigenvalue weighted by Gasteiger charge is 2.12. The van der Waals surface area contributed by atoms with Crippen molar-refractivity contribution in [1.29, 1.82) is 0 Å². The first-order chi connectivity index (χ1) is 9.75. The SMILES string of the molecule is Cc1ccsc1C(C)Nc1ccccc1-n1cccn1. The Bertz CT molecular complexity index is 685. The average Bonchev–Trinajstić information content (AvgIpc) is 3.10. The van der Waals surface area contributed by atoms with Gasteiger partial charge in [0.15, 0.2) is 0 Å². The lowest BCUT2D eigenvalue weighted by molar-refractivity contribution is 0.859. The molecule has 3 rings (SSSR count). The van der Waals surface area contributed by atoms with Crippen molar-refractivity contribution in [1.82, 2.24) is 9.78 Å². The maximum atomic E-state index is 4.31. The van der Waals surface area contributed by atoms with Gasteiger partial charge in [-0.15, -0.1) is 11.3 Å². The predicted octanol–water partition coefficient (Wildman–Crippen LogP) is 4.42. The van der Waals surface area contributed by atoms with E-state index in [0.29, 0.717) is 0 Å². The van der Waals surface area contributed by atoms with Crippen molar-refractivity contribution >= 4 is 17.0 Å². The van der Waals surface area contributed by atoms with Gasteiger partial charge >= 0.3 is 0 Å². The highest BCUT2D eigenvalue weighted by Crippen LogP contribution is 2.29. The molecule has 1 aromatic carbocycles. The van der Waals surface area contributed by atoms with Gasteiger partial charge in [0.05, 0.1) is 17.4 Å². The van der Waals surface area contributed by atoms with Crippen LogP contribution in [0.3, 0.4) is 0 Å². The van der Waals surface area contributed by atoms with Crippen LogP contribution in [0.1, 0.15) is 23.4 Å². The van der Waals surface area contributed by atoms with Gasteiger partial charge in [0.2, 0.25) is 0 Å². The first-order valence-electron chi connectivity index (χ1n) is 6.65. The first kappa shape index (κ1) is 12.9. The monoisotopic (exact) mass is 283 g/mol. The van der Waals surface area contributed by atoms with E-state index < -0.39 is 0 Å². The van der Waals surface area contributed by atoms with E-state index in [-0.39, 0.29) is 6.04 Å². The number of hydrogen-bond donors (Lipinski definition) is 1. The second-order valence-corrected chi connectivity index (χ2v) is 5.75. The molecule has 0 fully saturated rings. The molecule has 3 nitrogen and oxygen atoms in total. The molecule has 1 N–H and O–H groups in total. The molecule has 0 aliphatic rings. The van der Waals surface area contributed by atoms with Gasteiger partial charge in [0.1, 0.15) is 0 Å². The van der Waals surface area contributed by atoms with Crippen LogP contribution in [0.4, 0.5) is 5.69 Å². The van der Waals surface area contributed by atoms with E-state index in [1.165, 1.54) is 10.4 Å². The number of nitrogens with zero attached hydrogens (tertiary/aromatic N) is 2. The Kier molecular flexibility index (Phi) is 3.56. The zero-order valence-corrected chi connectivity index (χ0v) is 12.4. The number of thiophene rings is 1. The summed E-state index contributed by atoms with van der Waals surface area (Å²) in [6.45, 7) is 4.35. The lowest BCUT2D eigenvalue weighted by atomic mass is 10.1. The van der Waals surface area contributed by atoms with Crippen molar-refractivity contribution < 1.29 is 0 Å². The van der Waals surface area contributed by atoms with Crippen molar-refractivity contribution in [2.45, 2.75) is 19.9 Å². The van der Waals surface area contributed by atoms with E-state index in [9.17, 15) is 0 Å². The van der Waals surface area contributed by atoms with Gasteiger partial charge in [-0.05, 0) is 49.1 Å². The molecule has 4 heteroatoms. The van der Waals surface area contributed by atoms with E-state index in [1.54, 1.807) is 17.5 Å². The summed E-state index contributed by atoms with van der Waals surface area (Å²) in [5, 5.41) is 10.0. The maximum Gasteiger partial charge on any atom is 0.0877 e. The zero-order chi connectivity index (χ0) is 13.9. The van der Waals surface area contributed by atoms with Crippen LogP contribution in [0.5, 0.6) is 0 Å². The van der Waals surface area contributed by atoms with Crippen LogP contribution >= 0.6 is 11.3 Å². The molecule has 1 atom stereocenters. The number of hydrogen-bond acceptors (Lipinski definition) is 3. The molecule has 2 heterocycles. The van der Waals surface area contributed by atoms with Crippen molar-refractivity contribution in [3.8, 4) is 5.69 Å². The molecule has 2 aromatic heterocycles. The lowest BCUT2D eigenvalue weighted by Gasteiger charge is -2.18. The largest absolute Gasteiger partial charge is 0.376 e. The summed E-state index contributed by atoms with van der Waals surface area (Å²) in [4.78, 5) is 1.38. The molecule has 1 unspecified atom stereocenters. The summed E-state index contributed by atoms with van der Waals surface area (Å²) in [7, 11) is 0. The second-order valence-electron chi connectivity index (χ2n) is 4.80. The second kappa shape index (κ2) is 5.51. The summed E-state index contributed by atoms with van der Waals surface area (Å²) >= 11 is 1.80. The maximum absolute atomic E-state index is 4.31. The summed E-state index contributed by atoms with van der Waals surface area (Å²) in [5.74, 6) is 0. The Morgan fingerprint density at radius 1 is 1.20 bits per heavy atom. The molecule has 0 bridgehead atoms. The van der Waals surface area contributed by atoms with Gasteiger partial charge in [0, 0.05) is 17.3 Å². The molecule has 0 saturated heterocycles. The van der Waals surface area contributed by atoms with Crippen LogP contribution < -0.4 is 5.32 Å².